The zero-order chi connectivity index (χ0) is 18.8. The predicted molar refractivity (Wildman–Crippen MR) is 99.6 cm³/mol. The van der Waals surface area contributed by atoms with Gasteiger partial charge >= 0.3 is 5.97 Å². The Bertz CT molecular complexity index is 956. The Morgan fingerprint density at radius 2 is 1.65 bits per heavy atom. The van der Waals surface area contributed by atoms with Gasteiger partial charge in [-0.3, -0.25) is 0 Å². The van der Waals surface area contributed by atoms with Crippen LogP contribution in [-0.2, 0) is 4.74 Å². The molecular formula is C20H20N2O4. The monoisotopic (exact) mass is 352 g/mol. The van der Waals surface area contributed by atoms with Gasteiger partial charge in [0, 0.05) is 6.07 Å². The van der Waals surface area contributed by atoms with Gasteiger partial charge in [-0.1, -0.05) is 30.3 Å². The van der Waals surface area contributed by atoms with Crippen LogP contribution in [0.2, 0.25) is 0 Å². The molecule has 0 amide bonds. The number of para-hydroxylation sites is 2. The first-order valence-corrected chi connectivity index (χ1v) is 8.08. The molecule has 3 rings (SSSR count). The van der Waals surface area contributed by atoms with Crippen LogP contribution >= 0.6 is 0 Å². The summed E-state index contributed by atoms with van der Waals surface area (Å²) in [4.78, 5) is 11.9. The molecule has 26 heavy (non-hydrogen) atoms. The fraction of sp³-hybridized carbons (Fsp3) is 0.150. The molecule has 0 saturated heterocycles. The molecule has 0 bridgehead atoms. The number of nitrogens with one attached hydrogen (secondary N) is 1. The molecule has 0 aliphatic rings. The molecule has 0 atom stereocenters. The van der Waals surface area contributed by atoms with Crippen LogP contribution in [0.15, 0.2) is 48.5 Å². The van der Waals surface area contributed by atoms with E-state index in [4.69, 9.17) is 4.74 Å². The highest BCUT2D eigenvalue weighted by Gasteiger charge is 2.20. The molecule has 0 fully saturated rings. The summed E-state index contributed by atoms with van der Waals surface area (Å²) in [5.74, 6) is -0.761. The number of rotatable bonds is 4. The summed E-state index contributed by atoms with van der Waals surface area (Å²) in [6.45, 7) is 3.81. The van der Waals surface area contributed by atoms with E-state index in [0.717, 1.165) is 11.1 Å². The molecule has 0 aliphatic carbocycles. The Hall–Kier alpha value is -3.41. The van der Waals surface area contributed by atoms with Crippen LogP contribution in [0.5, 0.6) is 11.8 Å². The van der Waals surface area contributed by atoms with E-state index in [1.54, 1.807) is 24.3 Å². The van der Waals surface area contributed by atoms with E-state index in [1.807, 2.05) is 32.0 Å². The summed E-state index contributed by atoms with van der Waals surface area (Å²) in [6, 6.07) is 13.9. The Balaban J connectivity index is 2.07. The van der Waals surface area contributed by atoms with Crippen molar-refractivity contribution in [2.24, 2.45) is 0 Å². The molecule has 6 nitrogen and oxygen atoms in total. The fourth-order valence-electron chi connectivity index (χ4n) is 2.98. The number of hydrogen-bond acceptors (Lipinski definition) is 5. The van der Waals surface area contributed by atoms with Crippen molar-refractivity contribution in [3.8, 4) is 17.4 Å². The smallest absolute Gasteiger partial charge is 0.339 e. The third kappa shape index (κ3) is 2.97. The SMILES string of the molecule is COC(=O)c1ccccc1Nc1cc(O)n(-c2c(C)cccc2C)c1O. The summed E-state index contributed by atoms with van der Waals surface area (Å²) >= 11 is 0. The number of ether oxygens (including phenoxy) is 1. The number of carbonyl (C=O) groups excluding carboxylic acids is 1. The highest BCUT2D eigenvalue weighted by Crippen LogP contribution is 2.39. The minimum atomic E-state index is -0.494. The molecular weight excluding hydrogens is 332 g/mol. The summed E-state index contributed by atoms with van der Waals surface area (Å²) in [5, 5.41) is 24.1. The lowest BCUT2D eigenvalue weighted by Gasteiger charge is -2.14. The summed E-state index contributed by atoms with van der Waals surface area (Å²) in [6.07, 6.45) is 0. The van der Waals surface area contributed by atoms with Gasteiger partial charge in [-0.15, -0.1) is 0 Å². The maximum atomic E-state index is 11.9. The van der Waals surface area contributed by atoms with Crippen molar-refractivity contribution in [1.82, 2.24) is 4.57 Å². The molecule has 134 valence electrons. The lowest BCUT2D eigenvalue weighted by atomic mass is 10.1. The second-order valence-electron chi connectivity index (χ2n) is 5.98. The second kappa shape index (κ2) is 6.84. The van der Waals surface area contributed by atoms with Crippen molar-refractivity contribution in [3.05, 3.63) is 65.2 Å². The summed E-state index contributed by atoms with van der Waals surface area (Å²) in [5.41, 5.74) is 3.60. The zero-order valence-electron chi connectivity index (χ0n) is 14.8. The predicted octanol–water partition coefficient (Wildman–Crippen LogP) is 4.04. The van der Waals surface area contributed by atoms with Crippen LogP contribution in [-0.4, -0.2) is 27.9 Å². The van der Waals surface area contributed by atoms with Crippen molar-refractivity contribution < 1.29 is 19.7 Å². The second-order valence-corrected chi connectivity index (χ2v) is 5.98. The van der Waals surface area contributed by atoms with E-state index < -0.39 is 5.97 Å². The highest BCUT2D eigenvalue weighted by atomic mass is 16.5. The number of nitrogens with zero attached hydrogens (tertiary/aromatic N) is 1. The molecule has 1 heterocycles. The Labute approximate surface area is 151 Å². The van der Waals surface area contributed by atoms with E-state index in [1.165, 1.54) is 17.7 Å². The third-order valence-electron chi connectivity index (χ3n) is 4.22. The molecule has 0 radical (unpaired) electrons. The van der Waals surface area contributed by atoms with E-state index in [-0.39, 0.29) is 17.4 Å². The highest BCUT2D eigenvalue weighted by molar-refractivity contribution is 5.96. The first-order chi connectivity index (χ1) is 12.4. The molecule has 0 spiro atoms. The number of methoxy groups -OCH3 is 1. The third-order valence-corrected chi connectivity index (χ3v) is 4.22. The van der Waals surface area contributed by atoms with Gasteiger partial charge in [0.2, 0.25) is 11.8 Å². The normalized spacial score (nSPS) is 10.6. The Morgan fingerprint density at radius 3 is 2.31 bits per heavy atom. The minimum Gasteiger partial charge on any atom is -0.494 e. The number of anilines is 2. The summed E-state index contributed by atoms with van der Waals surface area (Å²) < 4.78 is 6.15. The number of esters is 1. The maximum Gasteiger partial charge on any atom is 0.339 e. The molecule has 0 unspecified atom stereocenters. The van der Waals surface area contributed by atoms with Crippen LogP contribution in [0.3, 0.4) is 0 Å². The molecule has 3 aromatic rings. The van der Waals surface area contributed by atoms with E-state index in [9.17, 15) is 15.0 Å². The first-order valence-electron chi connectivity index (χ1n) is 8.08. The number of hydrogen-bond donors (Lipinski definition) is 3. The van der Waals surface area contributed by atoms with Crippen LogP contribution in [0.1, 0.15) is 21.5 Å². The van der Waals surface area contributed by atoms with Crippen molar-refractivity contribution in [3.63, 3.8) is 0 Å². The standard InChI is InChI=1S/C20H20N2O4/c1-12-7-6-8-13(2)18(12)22-17(23)11-16(19(22)24)21-15-10-5-4-9-14(15)20(25)26-3/h4-11,21,23-24H,1-3H3. The van der Waals surface area contributed by atoms with Gasteiger partial charge in [0.25, 0.3) is 0 Å². The number of aromatic hydroxyl groups is 2. The van der Waals surface area contributed by atoms with Gasteiger partial charge in [-0.2, -0.15) is 0 Å². The minimum absolute atomic E-state index is 0.113. The summed E-state index contributed by atoms with van der Waals surface area (Å²) in [7, 11) is 1.31. The molecule has 0 aliphatic heterocycles. The number of aryl methyl sites for hydroxylation is 2. The van der Waals surface area contributed by atoms with Gasteiger partial charge in [0.15, 0.2) is 0 Å². The Kier molecular flexibility index (Phi) is 4.58. The van der Waals surface area contributed by atoms with Gasteiger partial charge in [0.05, 0.1) is 24.0 Å². The van der Waals surface area contributed by atoms with Crippen molar-refractivity contribution in [1.29, 1.82) is 0 Å². The molecule has 2 aromatic carbocycles. The average Bonchev–Trinajstić information content (AvgIpc) is 2.89. The molecule has 1 aromatic heterocycles. The van der Waals surface area contributed by atoms with E-state index >= 15 is 0 Å². The van der Waals surface area contributed by atoms with Crippen molar-refractivity contribution in [2.75, 3.05) is 12.4 Å². The average molecular weight is 352 g/mol. The lowest BCUT2D eigenvalue weighted by Crippen LogP contribution is -2.05. The first kappa shape index (κ1) is 17.4. The van der Waals surface area contributed by atoms with Crippen molar-refractivity contribution >= 4 is 17.3 Å². The van der Waals surface area contributed by atoms with Crippen LogP contribution in [0.4, 0.5) is 11.4 Å². The number of carbonyl (C=O) groups is 1. The van der Waals surface area contributed by atoms with Crippen molar-refractivity contribution in [2.45, 2.75) is 13.8 Å². The maximum absolute atomic E-state index is 11.9. The van der Waals surface area contributed by atoms with Crippen LogP contribution in [0, 0.1) is 13.8 Å². The molecule has 6 heteroatoms. The topological polar surface area (TPSA) is 83.7 Å². The largest absolute Gasteiger partial charge is 0.494 e. The number of aromatic nitrogens is 1. The van der Waals surface area contributed by atoms with Gasteiger partial charge in [-0.25, -0.2) is 9.36 Å². The zero-order valence-corrected chi connectivity index (χ0v) is 14.8. The van der Waals surface area contributed by atoms with E-state index in [2.05, 4.69) is 5.32 Å². The van der Waals surface area contributed by atoms with Gasteiger partial charge in [0.1, 0.15) is 5.69 Å². The lowest BCUT2D eigenvalue weighted by molar-refractivity contribution is 0.0602. The fourth-order valence-corrected chi connectivity index (χ4v) is 2.98. The quantitative estimate of drug-likeness (QED) is 0.617. The van der Waals surface area contributed by atoms with Gasteiger partial charge in [-0.05, 0) is 37.1 Å². The van der Waals surface area contributed by atoms with Gasteiger partial charge < -0.3 is 20.3 Å². The molecule has 0 saturated carbocycles. The van der Waals surface area contributed by atoms with Crippen LogP contribution < -0.4 is 5.32 Å². The molecule has 3 N–H and O–H groups in total. The van der Waals surface area contributed by atoms with E-state index in [0.29, 0.717) is 16.9 Å². The number of benzene rings is 2. The Morgan fingerprint density at radius 1 is 1.00 bits per heavy atom. The van der Waals surface area contributed by atoms with Crippen LogP contribution in [0.25, 0.3) is 5.69 Å².